The lowest BCUT2D eigenvalue weighted by atomic mass is 9.91. The monoisotopic (exact) mass is 266 g/mol. The summed E-state index contributed by atoms with van der Waals surface area (Å²) in [5.74, 6) is -0.240. The second-order valence-corrected chi connectivity index (χ2v) is 5.74. The molecule has 0 aromatic heterocycles. The lowest BCUT2D eigenvalue weighted by Gasteiger charge is -2.38. The normalized spacial score (nSPS) is 27.5. The van der Waals surface area contributed by atoms with Crippen molar-refractivity contribution in [2.24, 2.45) is 11.7 Å². The first-order valence-corrected chi connectivity index (χ1v) is 7.11. The highest BCUT2D eigenvalue weighted by atomic mass is 16.1. The van der Waals surface area contributed by atoms with Crippen molar-refractivity contribution in [3.8, 4) is 6.07 Å². The van der Waals surface area contributed by atoms with Crippen LogP contribution in [0.1, 0.15) is 40.0 Å². The molecule has 1 saturated heterocycles. The van der Waals surface area contributed by atoms with E-state index in [1.807, 2.05) is 13.8 Å². The van der Waals surface area contributed by atoms with Gasteiger partial charge in [0.2, 0.25) is 5.91 Å². The zero-order valence-electron chi connectivity index (χ0n) is 12.3. The van der Waals surface area contributed by atoms with Crippen LogP contribution in [0.4, 0.5) is 0 Å². The maximum atomic E-state index is 11.3. The van der Waals surface area contributed by atoms with Crippen LogP contribution in [0.3, 0.4) is 0 Å². The van der Waals surface area contributed by atoms with Gasteiger partial charge in [-0.3, -0.25) is 15.0 Å². The summed E-state index contributed by atoms with van der Waals surface area (Å²) in [5.41, 5.74) is 4.91. The van der Waals surface area contributed by atoms with Crippen molar-refractivity contribution in [2.75, 3.05) is 19.6 Å². The van der Waals surface area contributed by atoms with Gasteiger partial charge < -0.3 is 5.73 Å². The Bertz CT molecular complexity index is 352. The van der Waals surface area contributed by atoms with Crippen LogP contribution in [0.2, 0.25) is 0 Å². The Morgan fingerprint density at radius 1 is 1.58 bits per heavy atom. The highest BCUT2D eigenvalue weighted by Crippen LogP contribution is 2.23. The molecule has 1 aliphatic heterocycles. The lowest BCUT2D eigenvalue weighted by molar-refractivity contribution is -0.124. The molecule has 3 atom stereocenters. The highest BCUT2D eigenvalue weighted by molar-refractivity contribution is 5.76. The first-order valence-electron chi connectivity index (χ1n) is 7.11. The van der Waals surface area contributed by atoms with E-state index in [-0.39, 0.29) is 11.8 Å². The van der Waals surface area contributed by atoms with Gasteiger partial charge >= 0.3 is 0 Å². The number of nitriles is 1. The molecular formula is C14H26N4O. The molecular weight excluding hydrogens is 240 g/mol. The first-order chi connectivity index (χ1) is 8.91. The number of piperidine rings is 1. The van der Waals surface area contributed by atoms with Gasteiger partial charge in [0, 0.05) is 19.1 Å². The average molecular weight is 266 g/mol. The number of rotatable bonds is 6. The molecule has 5 heteroatoms. The number of amides is 1. The predicted octanol–water partition coefficient (Wildman–Crippen LogP) is 0.854. The molecule has 1 amide bonds. The smallest absolute Gasteiger partial charge is 0.221 e. The maximum absolute atomic E-state index is 11.3. The molecule has 1 aliphatic rings. The van der Waals surface area contributed by atoms with Gasteiger partial charge in [0.1, 0.15) is 5.54 Å². The van der Waals surface area contributed by atoms with Crippen LogP contribution in [0.15, 0.2) is 0 Å². The molecule has 0 spiro atoms. The average Bonchev–Trinajstić information content (AvgIpc) is 2.38. The number of hydrogen-bond donors (Lipinski definition) is 2. The predicted molar refractivity (Wildman–Crippen MR) is 75.3 cm³/mol. The van der Waals surface area contributed by atoms with Crippen LogP contribution >= 0.6 is 0 Å². The van der Waals surface area contributed by atoms with Gasteiger partial charge in [0.25, 0.3) is 0 Å². The minimum absolute atomic E-state index is 0.0383. The molecule has 1 rings (SSSR count). The zero-order valence-corrected chi connectivity index (χ0v) is 12.3. The number of carbonyl (C=O) groups is 1. The fraction of sp³-hybridized carbons (Fsp3) is 0.857. The van der Waals surface area contributed by atoms with E-state index in [9.17, 15) is 10.1 Å². The van der Waals surface area contributed by atoms with Crippen molar-refractivity contribution >= 4 is 5.91 Å². The van der Waals surface area contributed by atoms with Crippen LogP contribution in [0, 0.1) is 17.2 Å². The van der Waals surface area contributed by atoms with Crippen LogP contribution in [0.5, 0.6) is 0 Å². The van der Waals surface area contributed by atoms with Gasteiger partial charge in [-0.15, -0.1) is 0 Å². The molecule has 0 radical (unpaired) electrons. The number of primary amides is 1. The van der Waals surface area contributed by atoms with Gasteiger partial charge in [0.05, 0.1) is 12.0 Å². The Kier molecular flexibility index (Phi) is 5.77. The molecule has 5 nitrogen and oxygen atoms in total. The fourth-order valence-electron chi connectivity index (χ4n) is 2.66. The molecule has 3 unspecified atom stereocenters. The minimum Gasteiger partial charge on any atom is -0.369 e. The number of hydrogen-bond acceptors (Lipinski definition) is 4. The molecule has 0 saturated carbocycles. The molecule has 19 heavy (non-hydrogen) atoms. The van der Waals surface area contributed by atoms with E-state index in [2.05, 4.69) is 23.2 Å². The summed E-state index contributed by atoms with van der Waals surface area (Å²) in [6, 6.07) is 2.80. The van der Waals surface area contributed by atoms with E-state index >= 15 is 0 Å². The van der Waals surface area contributed by atoms with E-state index in [1.165, 1.54) is 0 Å². The number of nitrogens with two attached hydrogens (primary N) is 1. The molecule has 3 N–H and O–H groups in total. The van der Waals surface area contributed by atoms with Crippen molar-refractivity contribution in [2.45, 2.75) is 51.6 Å². The third-order valence-electron chi connectivity index (χ3n) is 4.13. The lowest BCUT2D eigenvalue weighted by Crippen LogP contribution is -2.49. The Hall–Kier alpha value is -1.12. The number of carbonyl (C=O) groups excluding carboxylic acids is 1. The van der Waals surface area contributed by atoms with E-state index < -0.39 is 5.54 Å². The second-order valence-electron chi connectivity index (χ2n) is 5.74. The summed E-state index contributed by atoms with van der Waals surface area (Å²) in [6.07, 6.45) is 2.64. The summed E-state index contributed by atoms with van der Waals surface area (Å²) >= 11 is 0. The van der Waals surface area contributed by atoms with Crippen LogP contribution in [-0.4, -0.2) is 42.0 Å². The van der Waals surface area contributed by atoms with Gasteiger partial charge in [-0.25, -0.2) is 0 Å². The topological polar surface area (TPSA) is 82.2 Å². The van der Waals surface area contributed by atoms with Gasteiger partial charge in [-0.2, -0.15) is 5.26 Å². The van der Waals surface area contributed by atoms with Gasteiger partial charge in [0.15, 0.2) is 0 Å². The highest BCUT2D eigenvalue weighted by Gasteiger charge is 2.30. The van der Waals surface area contributed by atoms with E-state index in [0.29, 0.717) is 6.04 Å². The van der Waals surface area contributed by atoms with E-state index in [1.54, 1.807) is 0 Å². The Morgan fingerprint density at radius 3 is 2.79 bits per heavy atom. The maximum Gasteiger partial charge on any atom is 0.221 e. The van der Waals surface area contributed by atoms with Crippen molar-refractivity contribution in [1.82, 2.24) is 10.2 Å². The van der Waals surface area contributed by atoms with E-state index in [4.69, 9.17) is 5.73 Å². The fourth-order valence-corrected chi connectivity index (χ4v) is 2.66. The molecule has 0 aromatic rings. The number of likely N-dealkylation sites (tertiary alicyclic amines) is 1. The van der Waals surface area contributed by atoms with Crippen LogP contribution < -0.4 is 11.1 Å². The second kappa shape index (κ2) is 6.88. The third-order valence-corrected chi connectivity index (χ3v) is 4.13. The number of nitrogens with zero attached hydrogens (tertiary/aromatic N) is 2. The molecule has 108 valence electrons. The van der Waals surface area contributed by atoms with Crippen molar-refractivity contribution < 1.29 is 4.79 Å². The SMILES string of the molecule is CCNC(C)(C#N)CCN1CC(C(N)=O)CCC1C. The first kappa shape index (κ1) is 15.9. The van der Waals surface area contributed by atoms with Crippen molar-refractivity contribution in [3.63, 3.8) is 0 Å². The number of nitrogens with one attached hydrogen (secondary N) is 1. The summed E-state index contributed by atoms with van der Waals surface area (Å²) in [6.45, 7) is 8.43. The molecule has 1 heterocycles. The van der Waals surface area contributed by atoms with Crippen LogP contribution in [-0.2, 0) is 4.79 Å². The summed E-state index contributed by atoms with van der Waals surface area (Å²) in [7, 11) is 0. The van der Waals surface area contributed by atoms with Gasteiger partial charge in [-0.1, -0.05) is 6.92 Å². The van der Waals surface area contributed by atoms with Crippen LogP contribution in [0.25, 0.3) is 0 Å². The Balaban J connectivity index is 2.55. The molecule has 0 aromatic carbocycles. The quantitative estimate of drug-likeness (QED) is 0.747. The minimum atomic E-state index is -0.492. The standard InChI is InChI=1S/C14H26N4O/c1-4-17-14(3,10-15)7-8-18-9-12(13(16)19)6-5-11(18)2/h11-12,17H,4-9H2,1-3H3,(H2,16,19). The molecule has 0 aliphatic carbocycles. The van der Waals surface area contributed by atoms with Crippen molar-refractivity contribution in [3.05, 3.63) is 0 Å². The van der Waals surface area contributed by atoms with Crippen molar-refractivity contribution in [1.29, 1.82) is 5.26 Å². The zero-order chi connectivity index (χ0) is 14.5. The Labute approximate surface area is 116 Å². The largest absolute Gasteiger partial charge is 0.369 e. The third kappa shape index (κ3) is 4.48. The summed E-state index contributed by atoms with van der Waals surface area (Å²) in [4.78, 5) is 13.6. The molecule has 1 fully saturated rings. The summed E-state index contributed by atoms with van der Waals surface area (Å²) < 4.78 is 0. The Morgan fingerprint density at radius 2 is 2.26 bits per heavy atom. The van der Waals surface area contributed by atoms with Gasteiger partial charge in [-0.05, 0) is 39.7 Å². The molecule has 0 bridgehead atoms. The van der Waals surface area contributed by atoms with E-state index in [0.717, 1.165) is 38.9 Å². The summed E-state index contributed by atoms with van der Waals surface area (Å²) in [5, 5.41) is 12.5.